The van der Waals surface area contributed by atoms with Gasteiger partial charge in [0, 0.05) is 45.7 Å². The highest BCUT2D eigenvalue weighted by Gasteiger charge is 2.21. The van der Waals surface area contributed by atoms with Crippen LogP contribution in [0.1, 0.15) is 33.6 Å². The van der Waals surface area contributed by atoms with Crippen molar-refractivity contribution in [3.8, 4) is 0 Å². The average molecular weight is 386 g/mol. The molecule has 2 heterocycles. The Labute approximate surface area is 165 Å². The lowest BCUT2D eigenvalue weighted by molar-refractivity contribution is -0.133. The van der Waals surface area contributed by atoms with Crippen molar-refractivity contribution in [2.24, 2.45) is 0 Å². The summed E-state index contributed by atoms with van der Waals surface area (Å²) in [5, 5.41) is 4.76. The number of nitrogens with zero attached hydrogens (tertiary/aromatic N) is 2. The van der Waals surface area contributed by atoms with E-state index in [2.05, 4.69) is 41.4 Å². The molecule has 0 atom stereocenters. The van der Waals surface area contributed by atoms with Crippen molar-refractivity contribution in [2.75, 3.05) is 32.7 Å². The molecule has 27 heavy (non-hydrogen) atoms. The third-order valence-corrected chi connectivity index (χ3v) is 5.85. The van der Waals surface area contributed by atoms with Crippen molar-refractivity contribution >= 4 is 23.2 Å². The Kier molecular flexibility index (Phi) is 7.01. The summed E-state index contributed by atoms with van der Waals surface area (Å²) in [7, 11) is 0. The van der Waals surface area contributed by atoms with E-state index >= 15 is 0 Å². The maximum absolute atomic E-state index is 12.4. The fraction of sp³-hybridized carbons (Fsp3) is 0.429. The molecule has 0 aliphatic carbocycles. The van der Waals surface area contributed by atoms with Gasteiger partial charge in [0.15, 0.2) is 0 Å². The van der Waals surface area contributed by atoms with E-state index in [-0.39, 0.29) is 11.8 Å². The summed E-state index contributed by atoms with van der Waals surface area (Å²) in [4.78, 5) is 29.3. The van der Waals surface area contributed by atoms with Gasteiger partial charge in [-0.15, -0.1) is 11.3 Å². The highest BCUT2D eigenvalue weighted by molar-refractivity contribution is 7.12. The molecule has 2 aromatic rings. The largest absolute Gasteiger partial charge is 0.351 e. The van der Waals surface area contributed by atoms with Gasteiger partial charge in [0.1, 0.15) is 0 Å². The van der Waals surface area contributed by atoms with Gasteiger partial charge in [-0.05, 0) is 35.9 Å². The second-order valence-electron chi connectivity index (χ2n) is 6.92. The number of rotatable bonds is 7. The van der Waals surface area contributed by atoms with Gasteiger partial charge < -0.3 is 10.2 Å². The van der Waals surface area contributed by atoms with Crippen molar-refractivity contribution in [3.63, 3.8) is 0 Å². The molecule has 2 amide bonds. The lowest BCUT2D eigenvalue weighted by Crippen LogP contribution is -2.48. The molecule has 1 aliphatic heterocycles. The van der Waals surface area contributed by atoms with Crippen molar-refractivity contribution in [3.05, 3.63) is 57.8 Å². The Morgan fingerprint density at radius 3 is 2.56 bits per heavy atom. The summed E-state index contributed by atoms with van der Waals surface area (Å²) in [6.45, 7) is 7.02. The maximum Gasteiger partial charge on any atom is 0.261 e. The van der Waals surface area contributed by atoms with Gasteiger partial charge in [0.2, 0.25) is 5.91 Å². The first-order valence-corrected chi connectivity index (χ1v) is 10.4. The van der Waals surface area contributed by atoms with Gasteiger partial charge >= 0.3 is 0 Å². The Bertz CT molecular complexity index is 753. The summed E-state index contributed by atoms with van der Waals surface area (Å²) in [5.41, 5.74) is 2.68. The van der Waals surface area contributed by atoms with E-state index in [1.165, 1.54) is 22.5 Å². The van der Waals surface area contributed by atoms with Gasteiger partial charge in [0.05, 0.1) is 4.88 Å². The highest BCUT2D eigenvalue weighted by atomic mass is 32.1. The van der Waals surface area contributed by atoms with Crippen LogP contribution in [0.2, 0.25) is 0 Å². The summed E-state index contributed by atoms with van der Waals surface area (Å²) in [5.74, 6) is 0.137. The standard InChI is InChI=1S/C21H27N3O2S/c1-17-6-2-3-7-18(17)16-23-11-13-24(14-12-23)20(25)9-4-10-22-21(26)19-8-5-15-27-19/h2-3,5-8,15H,4,9-14,16H2,1H3,(H,22,26). The SMILES string of the molecule is Cc1ccccc1CN1CCN(C(=O)CCCNC(=O)c2cccs2)CC1. The number of nitrogens with one attached hydrogen (secondary N) is 1. The highest BCUT2D eigenvalue weighted by Crippen LogP contribution is 2.13. The van der Waals surface area contributed by atoms with Crippen LogP contribution in [0.3, 0.4) is 0 Å². The van der Waals surface area contributed by atoms with Gasteiger partial charge in [0.25, 0.3) is 5.91 Å². The minimum atomic E-state index is -0.0535. The third kappa shape index (κ3) is 5.65. The monoisotopic (exact) mass is 385 g/mol. The molecule has 1 aliphatic rings. The summed E-state index contributed by atoms with van der Waals surface area (Å²) in [6, 6.07) is 12.1. The number of piperazine rings is 1. The van der Waals surface area contributed by atoms with Crippen LogP contribution in [0, 0.1) is 6.92 Å². The van der Waals surface area contributed by atoms with Crippen LogP contribution in [0.4, 0.5) is 0 Å². The normalized spacial score (nSPS) is 14.9. The molecule has 5 nitrogen and oxygen atoms in total. The molecule has 0 saturated carbocycles. The zero-order valence-corrected chi connectivity index (χ0v) is 16.6. The predicted molar refractivity (Wildman–Crippen MR) is 109 cm³/mol. The average Bonchev–Trinajstić information content (AvgIpc) is 3.22. The molecule has 1 N–H and O–H groups in total. The minimum Gasteiger partial charge on any atom is -0.351 e. The van der Waals surface area contributed by atoms with Crippen molar-refractivity contribution in [1.82, 2.24) is 15.1 Å². The minimum absolute atomic E-state index is 0.0535. The number of hydrogen-bond donors (Lipinski definition) is 1. The van der Waals surface area contributed by atoms with Crippen LogP contribution in [-0.4, -0.2) is 54.3 Å². The maximum atomic E-state index is 12.4. The van der Waals surface area contributed by atoms with Gasteiger partial charge in [-0.3, -0.25) is 14.5 Å². The van der Waals surface area contributed by atoms with E-state index in [0.717, 1.165) is 32.7 Å². The van der Waals surface area contributed by atoms with Gasteiger partial charge in [-0.25, -0.2) is 0 Å². The molecular weight excluding hydrogens is 358 g/mol. The van der Waals surface area contributed by atoms with E-state index in [1.807, 2.05) is 22.4 Å². The smallest absolute Gasteiger partial charge is 0.261 e. The van der Waals surface area contributed by atoms with Crippen LogP contribution >= 0.6 is 11.3 Å². The lowest BCUT2D eigenvalue weighted by Gasteiger charge is -2.35. The Morgan fingerprint density at radius 1 is 1.07 bits per heavy atom. The number of hydrogen-bond acceptors (Lipinski definition) is 4. The van der Waals surface area contributed by atoms with E-state index in [0.29, 0.717) is 24.3 Å². The van der Waals surface area contributed by atoms with E-state index < -0.39 is 0 Å². The van der Waals surface area contributed by atoms with Crippen molar-refractivity contribution < 1.29 is 9.59 Å². The molecule has 6 heteroatoms. The number of aryl methyl sites for hydroxylation is 1. The Balaban J connectivity index is 1.34. The Hall–Kier alpha value is -2.18. The van der Waals surface area contributed by atoms with Crippen LogP contribution < -0.4 is 5.32 Å². The summed E-state index contributed by atoms with van der Waals surface area (Å²) < 4.78 is 0. The van der Waals surface area contributed by atoms with Crippen LogP contribution in [0.5, 0.6) is 0 Å². The number of amides is 2. The summed E-state index contributed by atoms with van der Waals surface area (Å²) >= 11 is 1.43. The van der Waals surface area contributed by atoms with Crippen LogP contribution in [0.25, 0.3) is 0 Å². The molecule has 1 aromatic heterocycles. The Morgan fingerprint density at radius 2 is 1.85 bits per heavy atom. The van der Waals surface area contributed by atoms with E-state index in [4.69, 9.17) is 0 Å². The van der Waals surface area contributed by atoms with Crippen LogP contribution in [-0.2, 0) is 11.3 Å². The van der Waals surface area contributed by atoms with E-state index in [1.54, 1.807) is 0 Å². The zero-order chi connectivity index (χ0) is 19.1. The van der Waals surface area contributed by atoms with E-state index in [9.17, 15) is 9.59 Å². The molecule has 0 bridgehead atoms. The van der Waals surface area contributed by atoms with Crippen molar-refractivity contribution in [2.45, 2.75) is 26.3 Å². The number of carbonyl (C=O) groups excluding carboxylic acids is 2. The lowest BCUT2D eigenvalue weighted by atomic mass is 10.1. The molecule has 1 fully saturated rings. The van der Waals surface area contributed by atoms with Gasteiger partial charge in [-0.1, -0.05) is 30.3 Å². The fourth-order valence-corrected chi connectivity index (χ4v) is 3.92. The molecule has 1 saturated heterocycles. The number of carbonyl (C=O) groups is 2. The first kappa shape index (κ1) is 19.6. The fourth-order valence-electron chi connectivity index (χ4n) is 3.28. The molecule has 144 valence electrons. The van der Waals surface area contributed by atoms with Crippen molar-refractivity contribution in [1.29, 1.82) is 0 Å². The molecule has 0 radical (unpaired) electrons. The summed E-state index contributed by atoms with van der Waals surface area (Å²) in [6.07, 6.45) is 1.17. The predicted octanol–water partition coefficient (Wildman–Crippen LogP) is 2.91. The molecule has 0 spiro atoms. The number of thiophene rings is 1. The van der Waals surface area contributed by atoms with Crippen LogP contribution in [0.15, 0.2) is 41.8 Å². The van der Waals surface area contributed by atoms with Gasteiger partial charge in [-0.2, -0.15) is 0 Å². The molecule has 3 rings (SSSR count). The first-order valence-electron chi connectivity index (χ1n) is 9.50. The number of benzene rings is 1. The topological polar surface area (TPSA) is 52.6 Å². The first-order chi connectivity index (χ1) is 13.1. The second kappa shape index (κ2) is 9.67. The molecule has 0 unspecified atom stereocenters. The molecular formula is C21H27N3O2S. The third-order valence-electron chi connectivity index (χ3n) is 4.98. The zero-order valence-electron chi connectivity index (χ0n) is 15.8. The quantitative estimate of drug-likeness (QED) is 0.746. The second-order valence-corrected chi connectivity index (χ2v) is 7.87. The molecule has 1 aromatic carbocycles.